The Hall–Kier alpha value is -1.65. The highest BCUT2D eigenvalue weighted by Gasteiger charge is 2.11. The number of rotatable bonds is 3. The third-order valence-electron chi connectivity index (χ3n) is 1.35. The second-order valence-electron chi connectivity index (χ2n) is 2.23. The van der Waals surface area contributed by atoms with Gasteiger partial charge in [-0.3, -0.25) is 0 Å². The van der Waals surface area contributed by atoms with Crippen molar-refractivity contribution in [1.29, 1.82) is 0 Å². The van der Waals surface area contributed by atoms with Crippen molar-refractivity contribution in [2.24, 2.45) is 0 Å². The molecule has 4 nitrogen and oxygen atoms in total. The van der Waals surface area contributed by atoms with Crippen molar-refractivity contribution in [3.05, 3.63) is 23.6 Å². The minimum atomic E-state index is -1.34. The molecule has 1 aromatic heterocycles. The molecule has 1 N–H and O–H groups in total. The smallest absolute Gasteiger partial charge is 0.340 e. The zero-order valence-corrected chi connectivity index (χ0v) is 6.95. The molecule has 0 radical (unpaired) electrons. The molecule has 0 spiro atoms. The van der Waals surface area contributed by atoms with Crippen molar-refractivity contribution in [3.8, 4) is 5.88 Å². The first-order chi connectivity index (χ1) is 6.15. The summed E-state index contributed by atoms with van der Waals surface area (Å²) in [6.45, 7) is 2.09. The number of halogens is 1. The number of aromatic nitrogens is 1. The Labute approximate surface area is 74.0 Å². The van der Waals surface area contributed by atoms with Crippen LogP contribution in [0, 0.1) is 5.95 Å². The number of carboxylic acids is 1. The van der Waals surface area contributed by atoms with Crippen molar-refractivity contribution < 1.29 is 19.0 Å². The van der Waals surface area contributed by atoms with Crippen molar-refractivity contribution in [2.75, 3.05) is 6.61 Å². The van der Waals surface area contributed by atoms with Crippen LogP contribution in [0.25, 0.3) is 0 Å². The first-order valence-electron chi connectivity index (χ1n) is 3.67. The number of carbonyl (C=O) groups is 1. The quantitative estimate of drug-likeness (QED) is 0.721. The number of hydrogen-bond donors (Lipinski definition) is 1. The molecule has 0 aliphatic carbocycles. The van der Waals surface area contributed by atoms with E-state index in [4.69, 9.17) is 9.84 Å². The van der Waals surface area contributed by atoms with Gasteiger partial charge in [-0.1, -0.05) is 0 Å². The predicted molar refractivity (Wildman–Crippen MR) is 42.3 cm³/mol. The summed E-state index contributed by atoms with van der Waals surface area (Å²) in [6, 6.07) is 2.44. The van der Waals surface area contributed by atoms with Gasteiger partial charge in [-0.25, -0.2) is 4.79 Å². The van der Waals surface area contributed by atoms with Gasteiger partial charge in [0.1, 0.15) is 5.56 Å². The van der Waals surface area contributed by atoms with Gasteiger partial charge in [-0.15, -0.1) is 0 Å². The lowest BCUT2D eigenvalue weighted by Gasteiger charge is -2.02. The first kappa shape index (κ1) is 9.44. The van der Waals surface area contributed by atoms with E-state index >= 15 is 0 Å². The van der Waals surface area contributed by atoms with Crippen molar-refractivity contribution in [1.82, 2.24) is 4.98 Å². The number of nitrogens with zero attached hydrogens (tertiary/aromatic N) is 1. The summed E-state index contributed by atoms with van der Waals surface area (Å²) < 4.78 is 17.7. The highest BCUT2D eigenvalue weighted by molar-refractivity contribution is 5.87. The Morgan fingerprint density at radius 3 is 2.85 bits per heavy atom. The molecule has 0 bridgehead atoms. The van der Waals surface area contributed by atoms with E-state index in [9.17, 15) is 9.18 Å². The number of hydrogen-bond acceptors (Lipinski definition) is 3. The molecular weight excluding hydrogens is 177 g/mol. The molecule has 5 heteroatoms. The first-order valence-corrected chi connectivity index (χ1v) is 3.67. The maximum atomic E-state index is 12.9. The molecule has 0 unspecified atom stereocenters. The highest BCUT2D eigenvalue weighted by Crippen LogP contribution is 2.11. The third-order valence-corrected chi connectivity index (χ3v) is 1.35. The van der Waals surface area contributed by atoms with E-state index in [1.54, 1.807) is 6.92 Å². The Morgan fingerprint density at radius 1 is 1.69 bits per heavy atom. The SMILES string of the molecule is CCOc1ccc(C(=O)O)c(F)n1. The third kappa shape index (κ3) is 2.14. The van der Waals surface area contributed by atoms with Crippen molar-refractivity contribution in [2.45, 2.75) is 6.92 Å². The summed E-state index contributed by atoms with van der Waals surface area (Å²) >= 11 is 0. The molecule has 0 aromatic carbocycles. The predicted octanol–water partition coefficient (Wildman–Crippen LogP) is 1.32. The molecule has 0 aliphatic rings. The van der Waals surface area contributed by atoms with E-state index in [-0.39, 0.29) is 5.88 Å². The lowest BCUT2D eigenvalue weighted by Crippen LogP contribution is -2.04. The summed E-state index contributed by atoms with van der Waals surface area (Å²) in [5, 5.41) is 8.47. The molecule has 0 saturated heterocycles. The minimum absolute atomic E-state index is 0.0880. The molecule has 70 valence electrons. The van der Waals surface area contributed by atoms with Gasteiger partial charge in [-0.2, -0.15) is 9.37 Å². The van der Waals surface area contributed by atoms with Gasteiger partial charge < -0.3 is 9.84 Å². The number of aromatic carboxylic acids is 1. The standard InChI is InChI=1S/C8H8FNO3/c1-2-13-6-4-3-5(8(11)12)7(9)10-6/h3-4H,2H2,1H3,(H,11,12). The fraction of sp³-hybridized carbons (Fsp3) is 0.250. The van der Waals surface area contributed by atoms with Crippen LogP contribution in [0.1, 0.15) is 17.3 Å². The lowest BCUT2D eigenvalue weighted by molar-refractivity contribution is 0.0690. The maximum absolute atomic E-state index is 12.9. The van der Waals surface area contributed by atoms with Gasteiger partial charge in [0.25, 0.3) is 0 Å². The summed E-state index contributed by atoms with van der Waals surface area (Å²) in [6.07, 6.45) is 0. The average molecular weight is 185 g/mol. The second kappa shape index (κ2) is 3.84. The van der Waals surface area contributed by atoms with Crippen LogP contribution in [0.15, 0.2) is 12.1 Å². The Morgan fingerprint density at radius 2 is 2.38 bits per heavy atom. The summed E-state index contributed by atoms with van der Waals surface area (Å²) in [5.74, 6) is -2.28. The van der Waals surface area contributed by atoms with E-state index in [1.807, 2.05) is 0 Å². The highest BCUT2D eigenvalue weighted by atomic mass is 19.1. The van der Waals surface area contributed by atoms with Crippen LogP contribution in [-0.2, 0) is 0 Å². The lowest BCUT2D eigenvalue weighted by atomic mass is 10.3. The Bertz CT molecular complexity index is 327. The summed E-state index contributed by atoms with van der Waals surface area (Å²) in [5.41, 5.74) is -0.455. The minimum Gasteiger partial charge on any atom is -0.478 e. The normalized spacial score (nSPS) is 9.69. The van der Waals surface area contributed by atoms with Crippen LogP contribution in [0.2, 0.25) is 0 Å². The van der Waals surface area contributed by atoms with Gasteiger partial charge in [0.05, 0.1) is 6.61 Å². The summed E-state index contributed by atoms with van der Waals surface area (Å²) in [7, 11) is 0. The molecule has 0 aliphatic heterocycles. The topological polar surface area (TPSA) is 59.4 Å². The van der Waals surface area contributed by atoms with E-state index in [0.717, 1.165) is 6.07 Å². The van der Waals surface area contributed by atoms with E-state index in [2.05, 4.69) is 4.98 Å². The molecule has 0 amide bonds. The van der Waals surface area contributed by atoms with Crippen molar-refractivity contribution in [3.63, 3.8) is 0 Å². The van der Waals surface area contributed by atoms with Crippen LogP contribution in [0.5, 0.6) is 5.88 Å². The van der Waals surface area contributed by atoms with Crippen LogP contribution >= 0.6 is 0 Å². The zero-order chi connectivity index (χ0) is 9.84. The van der Waals surface area contributed by atoms with Gasteiger partial charge in [0.2, 0.25) is 11.8 Å². The number of carboxylic acid groups (broad SMARTS) is 1. The molecule has 0 saturated carbocycles. The number of pyridine rings is 1. The van der Waals surface area contributed by atoms with Crippen LogP contribution in [-0.4, -0.2) is 22.7 Å². The van der Waals surface area contributed by atoms with Gasteiger partial charge in [0.15, 0.2) is 0 Å². The monoisotopic (exact) mass is 185 g/mol. The number of ether oxygens (including phenoxy) is 1. The van der Waals surface area contributed by atoms with Crippen LogP contribution in [0.3, 0.4) is 0 Å². The second-order valence-corrected chi connectivity index (χ2v) is 2.23. The zero-order valence-electron chi connectivity index (χ0n) is 6.95. The Kier molecular flexibility index (Phi) is 2.79. The van der Waals surface area contributed by atoms with E-state index in [1.165, 1.54) is 6.07 Å². The van der Waals surface area contributed by atoms with Gasteiger partial charge in [0, 0.05) is 6.07 Å². The molecule has 1 heterocycles. The largest absolute Gasteiger partial charge is 0.478 e. The van der Waals surface area contributed by atoms with Crippen LogP contribution < -0.4 is 4.74 Å². The van der Waals surface area contributed by atoms with E-state index < -0.39 is 17.5 Å². The van der Waals surface area contributed by atoms with Gasteiger partial charge >= 0.3 is 5.97 Å². The Balaban J connectivity index is 2.98. The summed E-state index contributed by atoms with van der Waals surface area (Å²) in [4.78, 5) is 13.7. The van der Waals surface area contributed by atoms with Crippen LogP contribution in [0.4, 0.5) is 4.39 Å². The average Bonchev–Trinajstić information content (AvgIpc) is 2.04. The molecule has 1 rings (SSSR count). The molecular formula is C8H8FNO3. The van der Waals surface area contributed by atoms with E-state index in [0.29, 0.717) is 6.61 Å². The molecule has 1 aromatic rings. The fourth-order valence-corrected chi connectivity index (χ4v) is 0.805. The fourth-order valence-electron chi connectivity index (χ4n) is 0.805. The molecule has 13 heavy (non-hydrogen) atoms. The van der Waals surface area contributed by atoms with Gasteiger partial charge in [-0.05, 0) is 13.0 Å². The molecule has 0 atom stereocenters. The van der Waals surface area contributed by atoms with Crippen molar-refractivity contribution >= 4 is 5.97 Å². The molecule has 0 fully saturated rings. The maximum Gasteiger partial charge on any atom is 0.340 e.